The summed E-state index contributed by atoms with van der Waals surface area (Å²) in [5.41, 5.74) is -3.41. The van der Waals surface area contributed by atoms with E-state index in [2.05, 4.69) is 0 Å². The molecule has 12 heteroatoms. The fourth-order valence-corrected chi connectivity index (χ4v) is 2.30. The summed E-state index contributed by atoms with van der Waals surface area (Å²) in [7, 11) is 0. The molecular weight excluding hydrogens is 371 g/mol. The molecule has 0 aliphatic heterocycles. The molecule has 0 bridgehead atoms. The third kappa shape index (κ3) is 3.08. The summed E-state index contributed by atoms with van der Waals surface area (Å²) in [4.78, 5) is 36.2. The highest BCUT2D eigenvalue weighted by Crippen LogP contribution is 2.41. The topological polar surface area (TPSA) is 133 Å². The molecule has 0 radical (unpaired) electrons. The number of hydrogen-bond donors (Lipinski definition) is 4. The summed E-state index contributed by atoms with van der Waals surface area (Å²) in [5.74, 6) is -8.77. The van der Waals surface area contributed by atoms with Crippen molar-refractivity contribution in [1.82, 2.24) is 4.98 Å². The summed E-state index contributed by atoms with van der Waals surface area (Å²) >= 11 is 0. The summed E-state index contributed by atoms with van der Waals surface area (Å²) in [6, 6.07) is -0.329. The van der Waals surface area contributed by atoms with Gasteiger partial charge in [-0.15, -0.1) is 0 Å². The molecule has 1 aromatic carbocycles. The second-order valence-corrected chi connectivity index (χ2v) is 4.91. The molecule has 0 saturated heterocycles. The maximum absolute atomic E-state index is 13.5. The minimum atomic E-state index is -5.33. The fourth-order valence-electron chi connectivity index (χ4n) is 2.30. The van der Waals surface area contributed by atoms with Crippen LogP contribution in [0, 0.1) is 11.6 Å². The molecule has 26 heavy (non-hydrogen) atoms. The SMILES string of the molecule is Nc1[nH]c(=O)c(C(=O)O)c(-c2cc(F)c(F)cc2C(F)(F)F)c1C(=O)O. The first kappa shape index (κ1) is 18.9. The zero-order valence-corrected chi connectivity index (χ0v) is 12.2. The number of pyridine rings is 1. The molecule has 2 rings (SSSR count). The quantitative estimate of drug-likeness (QED) is 0.606. The highest BCUT2D eigenvalue weighted by atomic mass is 19.4. The number of aromatic amines is 1. The van der Waals surface area contributed by atoms with Crippen molar-refractivity contribution in [3.63, 3.8) is 0 Å². The lowest BCUT2D eigenvalue weighted by atomic mass is 9.91. The molecule has 5 N–H and O–H groups in total. The number of halogens is 5. The van der Waals surface area contributed by atoms with Gasteiger partial charge in [0.2, 0.25) is 0 Å². The maximum Gasteiger partial charge on any atom is 0.417 e. The van der Waals surface area contributed by atoms with Crippen molar-refractivity contribution in [3.05, 3.63) is 50.8 Å². The predicted octanol–water partition coefficient (Wildman–Crippen LogP) is 2.32. The Morgan fingerprint density at radius 1 is 1.00 bits per heavy atom. The van der Waals surface area contributed by atoms with Crippen molar-refractivity contribution in [3.8, 4) is 11.1 Å². The maximum atomic E-state index is 13.5. The second kappa shape index (κ2) is 6.13. The average molecular weight is 378 g/mol. The molecule has 0 atom stereocenters. The van der Waals surface area contributed by atoms with Crippen molar-refractivity contribution < 1.29 is 41.8 Å². The number of nitrogens with one attached hydrogen (secondary N) is 1. The molecule has 1 aromatic heterocycles. The minimum absolute atomic E-state index is 0.0503. The number of H-pyrrole nitrogens is 1. The summed E-state index contributed by atoms with van der Waals surface area (Å²) in [6.45, 7) is 0. The van der Waals surface area contributed by atoms with Crippen LogP contribution in [0.5, 0.6) is 0 Å². The first-order chi connectivity index (χ1) is 11.9. The van der Waals surface area contributed by atoms with Crippen molar-refractivity contribution >= 4 is 17.8 Å². The lowest BCUT2D eigenvalue weighted by molar-refractivity contribution is -0.137. The van der Waals surface area contributed by atoms with Crippen LogP contribution in [-0.4, -0.2) is 27.1 Å². The van der Waals surface area contributed by atoms with Crippen LogP contribution in [0.15, 0.2) is 16.9 Å². The molecule has 0 fully saturated rings. The number of alkyl halides is 3. The third-order valence-corrected chi connectivity index (χ3v) is 3.31. The number of aromatic carboxylic acids is 2. The van der Waals surface area contributed by atoms with E-state index in [0.717, 1.165) is 0 Å². The fraction of sp³-hybridized carbons (Fsp3) is 0.0714. The summed E-state index contributed by atoms with van der Waals surface area (Å²) in [6.07, 6.45) is -5.33. The summed E-state index contributed by atoms with van der Waals surface area (Å²) < 4.78 is 66.5. The number of carboxylic acids is 2. The Bertz CT molecular complexity index is 997. The van der Waals surface area contributed by atoms with Crippen LogP contribution < -0.4 is 11.3 Å². The van der Waals surface area contributed by atoms with Crippen LogP contribution in [0.1, 0.15) is 26.3 Å². The van der Waals surface area contributed by atoms with E-state index in [-0.39, 0.29) is 12.1 Å². The van der Waals surface area contributed by atoms with Crippen molar-refractivity contribution in [2.75, 3.05) is 5.73 Å². The number of hydrogen-bond acceptors (Lipinski definition) is 4. The van der Waals surface area contributed by atoms with Crippen molar-refractivity contribution in [2.24, 2.45) is 0 Å². The van der Waals surface area contributed by atoms with Gasteiger partial charge >= 0.3 is 18.1 Å². The van der Waals surface area contributed by atoms with Gasteiger partial charge < -0.3 is 20.9 Å². The van der Waals surface area contributed by atoms with Crippen LogP contribution in [-0.2, 0) is 6.18 Å². The number of nitrogen functional groups attached to an aromatic ring is 1. The standard InChI is InChI=1S/C14H7F5N2O5/c15-5-1-3(4(2-6(5)16)14(17,18)19)7-8(12(23)24)10(20)21-11(22)9(7)13(25)26/h1-2H,(H,23,24)(H,25,26)(H3,20,21,22). The number of anilines is 1. The molecule has 0 aliphatic carbocycles. The van der Waals surface area contributed by atoms with E-state index in [0.29, 0.717) is 0 Å². The van der Waals surface area contributed by atoms with E-state index in [4.69, 9.17) is 10.8 Å². The van der Waals surface area contributed by atoms with E-state index in [1.807, 2.05) is 0 Å². The first-order valence-corrected chi connectivity index (χ1v) is 6.45. The number of carbonyl (C=O) groups is 2. The normalized spacial score (nSPS) is 11.4. The highest BCUT2D eigenvalue weighted by Gasteiger charge is 2.38. The largest absolute Gasteiger partial charge is 0.478 e. The Balaban J connectivity index is 3.16. The number of nitrogens with two attached hydrogens (primary N) is 1. The Kier molecular flexibility index (Phi) is 4.45. The Labute approximate surface area is 139 Å². The highest BCUT2D eigenvalue weighted by molar-refractivity contribution is 6.07. The van der Waals surface area contributed by atoms with Gasteiger partial charge in [0.05, 0.1) is 5.56 Å². The van der Waals surface area contributed by atoms with E-state index < -0.39 is 68.9 Å². The van der Waals surface area contributed by atoms with Gasteiger partial charge in [0.1, 0.15) is 16.9 Å². The second-order valence-electron chi connectivity index (χ2n) is 4.91. The van der Waals surface area contributed by atoms with E-state index in [9.17, 15) is 41.4 Å². The number of carboxylic acid groups (broad SMARTS) is 2. The van der Waals surface area contributed by atoms with Crippen LogP contribution in [0.2, 0.25) is 0 Å². The summed E-state index contributed by atoms with van der Waals surface area (Å²) in [5, 5.41) is 18.3. The number of aromatic nitrogens is 1. The Morgan fingerprint density at radius 3 is 1.96 bits per heavy atom. The van der Waals surface area contributed by atoms with Crippen LogP contribution >= 0.6 is 0 Å². The van der Waals surface area contributed by atoms with E-state index in [1.54, 1.807) is 4.98 Å². The average Bonchev–Trinajstić information content (AvgIpc) is 2.46. The molecule has 138 valence electrons. The van der Waals surface area contributed by atoms with Gasteiger partial charge in [-0.2, -0.15) is 13.2 Å². The Morgan fingerprint density at radius 2 is 1.50 bits per heavy atom. The van der Waals surface area contributed by atoms with Gasteiger partial charge in [0.25, 0.3) is 5.56 Å². The van der Waals surface area contributed by atoms with Crippen molar-refractivity contribution in [2.45, 2.75) is 6.18 Å². The smallest absolute Gasteiger partial charge is 0.417 e. The third-order valence-electron chi connectivity index (χ3n) is 3.31. The molecule has 1 heterocycles. The van der Waals surface area contributed by atoms with Crippen molar-refractivity contribution in [1.29, 1.82) is 0 Å². The molecule has 0 unspecified atom stereocenters. The van der Waals surface area contributed by atoms with Crippen LogP contribution in [0.4, 0.5) is 27.8 Å². The molecule has 0 spiro atoms. The zero-order chi connectivity index (χ0) is 20.0. The molecule has 0 amide bonds. The van der Waals surface area contributed by atoms with Gasteiger partial charge in [0, 0.05) is 5.56 Å². The Hall–Kier alpha value is -3.44. The molecular formula is C14H7F5N2O5. The minimum Gasteiger partial charge on any atom is -0.478 e. The molecule has 0 saturated carbocycles. The van der Waals surface area contributed by atoms with Gasteiger partial charge in [-0.3, -0.25) is 4.79 Å². The zero-order valence-electron chi connectivity index (χ0n) is 12.2. The molecule has 2 aromatic rings. The predicted molar refractivity (Wildman–Crippen MR) is 75.7 cm³/mol. The first-order valence-electron chi connectivity index (χ1n) is 6.45. The lowest BCUT2D eigenvalue weighted by Gasteiger charge is -2.17. The number of benzene rings is 1. The monoisotopic (exact) mass is 378 g/mol. The van der Waals surface area contributed by atoms with Gasteiger partial charge in [-0.1, -0.05) is 0 Å². The lowest BCUT2D eigenvalue weighted by Crippen LogP contribution is -2.25. The van der Waals surface area contributed by atoms with Crippen LogP contribution in [0.25, 0.3) is 11.1 Å². The van der Waals surface area contributed by atoms with E-state index >= 15 is 0 Å². The molecule has 0 aliphatic rings. The van der Waals surface area contributed by atoms with E-state index in [1.165, 1.54) is 0 Å². The molecule has 7 nitrogen and oxygen atoms in total. The number of rotatable bonds is 3. The van der Waals surface area contributed by atoms with Crippen LogP contribution in [0.3, 0.4) is 0 Å². The van der Waals surface area contributed by atoms with Gasteiger partial charge in [-0.25, -0.2) is 18.4 Å². The van der Waals surface area contributed by atoms with Gasteiger partial charge in [-0.05, 0) is 17.7 Å². The van der Waals surface area contributed by atoms with Gasteiger partial charge in [0.15, 0.2) is 11.6 Å².